The lowest BCUT2D eigenvalue weighted by Gasteiger charge is -2.09. The van der Waals surface area contributed by atoms with E-state index in [0.29, 0.717) is 0 Å². The molecule has 0 aliphatic rings. The Morgan fingerprint density at radius 2 is 2.18 bits per heavy atom. The number of carbonyl (C=O) groups excluding carboxylic acids is 2. The summed E-state index contributed by atoms with van der Waals surface area (Å²) in [6.07, 6.45) is 0. The lowest BCUT2D eigenvalue weighted by atomic mass is 10.3. The fourth-order valence-electron chi connectivity index (χ4n) is 0.523. The molecule has 0 unspecified atom stereocenters. The Labute approximate surface area is 64.3 Å². The Bertz CT molecular complexity index is 157. The molecule has 0 aliphatic carbocycles. The molecule has 64 valence electrons. The van der Waals surface area contributed by atoms with Gasteiger partial charge in [0.15, 0.2) is 0 Å². The Hall–Kier alpha value is -1.10. The number of methoxy groups -OCH3 is 1. The predicted molar refractivity (Wildman–Crippen MR) is 36.7 cm³/mol. The van der Waals surface area contributed by atoms with Crippen molar-refractivity contribution >= 4 is 11.9 Å². The Kier molecular flexibility index (Phi) is 4.21. The molecular weight excluding hydrogens is 150 g/mol. The van der Waals surface area contributed by atoms with Gasteiger partial charge in [0.2, 0.25) is 5.91 Å². The van der Waals surface area contributed by atoms with Crippen LogP contribution in [0.5, 0.6) is 0 Å². The van der Waals surface area contributed by atoms with Crippen molar-refractivity contribution in [2.24, 2.45) is 0 Å². The summed E-state index contributed by atoms with van der Waals surface area (Å²) < 4.78 is 4.32. The van der Waals surface area contributed by atoms with Crippen LogP contribution in [-0.2, 0) is 14.3 Å². The van der Waals surface area contributed by atoms with Gasteiger partial charge < -0.3 is 15.2 Å². The third kappa shape index (κ3) is 3.57. The molecule has 0 aromatic carbocycles. The molecule has 0 radical (unpaired) electrons. The third-order valence-corrected chi connectivity index (χ3v) is 1.08. The summed E-state index contributed by atoms with van der Waals surface area (Å²) in [4.78, 5) is 21.1. The van der Waals surface area contributed by atoms with Gasteiger partial charge in [0.05, 0.1) is 7.11 Å². The second-order valence-electron chi connectivity index (χ2n) is 1.97. The first-order valence-corrected chi connectivity index (χ1v) is 3.10. The number of aliphatic hydroxyl groups is 1. The van der Waals surface area contributed by atoms with Gasteiger partial charge in [-0.3, -0.25) is 4.79 Å². The van der Waals surface area contributed by atoms with E-state index < -0.39 is 24.5 Å². The molecule has 1 amide bonds. The zero-order chi connectivity index (χ0) is 8.85. The van der Waals surface area contributed by atoms with Gasteiger partial charge in [-0.25, -0.2) is 4.79 Å². The van der Waals surface area contributed by atoms with E-state index in [2.05, 4.69) is 10.1 Å². The molecular formula is C6H11NO4. The first kappa shape index (κ1) is 9.90. The van der Waals surface area contributed by atoms with Crippen LogP contribution in [0.3, 0.4) is 0 Å². The molecule has 0 aliphatic heterocycles. The summed E-state index contributed by atoms with van der Waals surface area (Å²) >= 11 is 0. The highest BCUT2D eigenvalue weighted by Crippen LogP contribution is 1.84. The van der Waals surface area contributed by atoms with Crippen LogP contribution in [0.25, 0.3) is 0 Å². The quantitative estimate of drug-likeness (QED) is 0.502. The molecule has 0 aromatic heterocycles. The zero-order valence-electron chi connectivity index (χ0n) is 6.46. The van der Waals surface area contributed by atoms with Crippen molar-refractivity contribution in [3.8, 4) is 0 Å². The lowest BCUT2D eigenvalue weighted by molar-refractivity contribution is -0.144. The van der Waals surface area contributed by atoms with Crippen LogP contribution in [0.2, 0.25) is 0 Å². The molecule has 0 fully saturated rings. The summed E-state index contributed by atoms with van der Waals surface area (Å²) in [6, 6.07) is -0.709. The van der Waals surface area contributed by atoms with Crippen LogP contribution in [0.4, 0.5) is 0 Å². The topological polar surface area (TPSA) is 75.6 Å². The summed E-state index contributed by atoms with van der Waals surface area (Å²) in [5.41, 5.74) is 0. The number of esters is 1. The summed E-state index contributed by atoms with van der Waals surface area (Å²) in [5, 5.41) is 10.5. The number of aliphatic hydroxyl groups excluding tert-OH is 1. The van der Waals surface area contributed by atoms with Crippen LogP contribution in [0.1, 0.15) is 6.92 Å². The van der Waals surface area contributed by atoms with Gasteiger partial charge in [-0.2, -0.15) is 0 Å². The van der Waals surface area contributed by atoms with Gasteiger partial charge in [-0.15, -0.1) is 0 Å². The van der Waals surface area contributed by atoms with Gasteiger partial charge in [0.1, 0.15) is 12.6 Å². The molecule has 0 rings (SSSR count). The number of amides is 1. The van der Waals surface area contributed by atoms with E-state index in [4.69, 9.17) is 5.11 Å². The van der Waals surface area contributed by atoms with Gasteiger partial charge in [0, 0.05) is 0 Å². The van der Waals surface area contributed by atoms with Gasteiger partial charge in [0.25, 0.3) is 0 Å². The maximum atomic E-state index is 10.6. The number of rotatable bonds is 3. The minimum absolute atomic E-state index is 0.535. The van der Waals surface area contributed by atoms with Crippen LogP contribution in [-0.4, -0.2) is 36.7 Å². The number of ether oxygens (including phenoxy) is 1. The molecule has 1 atom stereocenters. The van der Waals surface area contributed by atoms with Crippen molar-refractivity contribution in [2.45, 2.75) is 13.0 Å². The highest BCUT2D eigenvalue weighted by atomic mass is 16.5. The molecule has 0 spiro atoms. The summed E-state index contributed by atoms with van der Waals surface area (Å²) in [6.45, 7) is 0.848. The SMILES string of the molecule is COC(=O)[C@H](C)NC(=O)CO. The molecule has 5 heteroatoms. The lowest BCUT2D eigenvalue weighted by Crippen LogP contribution is -2.40. The number of hydrogen-bond acceptors (Lipinski definition) is 4. The monoisotopic (exact) mass is 161 g/mol. The minimum Gasteiger partial charge on any atom is -0.467 e. The van der Waals surface area contributed by atoms with E-state index in [1.165, 1.54) is 14.0 Å². The Morgan fingerprint density at radius 3 is 2.55 bits per heavy atom. The fraction of sp³-hybridized carbons (Fsp3) is 0.667. The largest absolute Gasteiger partial charge is 0.467 e. The van der Waals surface area contributed by atoms with Crippen molar-refractivity contribution in [1.82, 2.24) is 5.32 Å². The van der Waals surface area contributed by atoms with E-state index in [1.807, 2.05) is 0 Å². The zero-order valence-corrected chi connectivity index (χ0v) is 6.46. The van der Waals surface area contributed by atoms with Crippen molar-refractivity contribution in [3.63, 3.8) is 0 Å². The van der Waals surface area contributed by atoms with Crippen molar-refractivity contribution in [1.29, 1.82) is 0 Å². The van der Waals surface area contributed by atoms with Gasteiger partial charge in [-0.1, -0.05) is 0 Å². The van der Waals surface area contributed by atoms with Crippen LogP contribution < -0.4 is 5.32 Å². The van der Waals surface area contributed by atoms with Crippen molar-refractivity contribution < 1.29 is 19.4 Å². The van der Waals surface area contributed by atoms with E-state index in [0.717, 1.165) is 0 Å². The van der Waals surface area contributed by atoms with Crippen LogP contribution >= 0.6 is 0 Å². The Morgan fingerprint density at radius 1 is 1.64 bits per heavy atom. The van der Waals surface area contributed by atoms with Crippen molar-refractivity contribution in [3.05, 3.63) is 0 Å². The molecule has 2 N–H and O–H groups in total. The van der Waals surface area contributed by atoms with E-state index in [1.54, 1.807) is 0 Å². The average molecular weight is 161 g/mol. The summed E-state index contributed by atoms with van der Waals surface area (Å²) in [7, 11) is 1.23. The van der Waals surface area contributed by atoms with Crippen molar-refractivity contribution in [2.75, 3.05) is 13.7 Å². The molecule has 0 heterocycles. The molecule has 0 bridgehead atoms. The predicted octanol–water partition coefficient (Wildman–Crippen LogP) is -1.34. The maximum Gasteiger partial charge on any atom is 0.328 e. The highest BCUT2D eigenvalue weighted by Gasteiger charge is 2.14. The minimum atomic E-state index is -0.709. The molecule has 0 aromatic rings. The normalized spacial score (nSPS) is 11.9. The number of carbonyl (C=O) groups is 2. The number of hydrogen-bond donors (Lipinski definition) is 2. The molecule has 5 nitrogen and oxygen atoms in total. The Balaban J connectivity index is 3.77. The average Bonchev–Trinajstić information content (AvgIpc) is 2.02. The highest BCUT2D eigenvalue weighted by molar-refractivity contribution is 5.84. The molecule has 0 saturated heterocycles. The molecule has 11 heavy (non-hydrogen) atoms. The first-order valence-electron chi connectivity index (χ1n) is 3.10. The van der Waals surface area contributed by atoms with E-state index in [-0.39, 0.29) is 0 Å². The first-order chi connectivity index (χ1) is 5.11. The van der Waals surface area contributed by atoms with E-state index in [9.17, 15) is 9.59 Å². The molecule has 0 saturated carbocycles. The second kappa shape index (κ2) is 4.68. The van der Waals surface area contributed by atoms with E-state index >= 15 is 0 Å². The van der Waals surface area contributed by atoms with Gasteiger partial charge in [-0.05, 0) is 6.92 Å². The van der Waals surface area contributed by atoms with Gasteiger partial charge >= 0.3 is 5.97 Å². The van der Waals surface area contributed by atoms with Crippen LogP contribution in [0.15, 0.2) is 0 Å². The van der Waals surface area contributed by atoms with Crippen LogP contribution in [0, 0.1) is 0 Å². The standard InChI is InChI=1S/C6H11NO4/c1-4(6(10)11-2)7-5(9)3-8/h4,8H,3H2,1-2H3,(H,7,9)/t4-/m0/s1. The number of nitrogens with one attached hydrogen (secondary N) is 1. The smallest absolute Gasteiger partial charge is 0.328 e. The summed E-state index contributed by atoms with van der Waals surface area (Å²) in [5.74, 6) is -1.13. The second-order valence-corrected chi connectivity index (χ2v) is 1.97. The maximum absolute atomic E-state index is 10.6. The third-order valence-electron chi connectivity index (χ3n) is 1.08. The fourth-order valence-corrected chi connectivity index (χ4v) is 0.523.